The van der Waals surface area contributed by atoms with Crippen molar-refractivity contribution in [2.45, 2.75) is 57.2 Å². The fourth-order valence-corrected chi connectivity index (χ4v) is 4.54. The fraction of sp³-hybridized carbons (Fsp3) is 0.375. The second-order valence-electron chi connectivity index (χ2n) is 9.13. The highest BCUT2D eigenvalue weighted by atomic mass is 79.9. The summed E-state index contributed by atoms with van der Waals surface area (Å²) in [5, 5.41) is 8.18. The first-order chi connectivity index (χ1) is 16.6. The maximum absolute atomic E-state index is 13.2. The summed E-state index contributed by atoms with van der Waals surface area (Å²) in [6, 6.07) is 8.57. The smallest absolute Gasteiger partial charge is 0.272 e. The molecule has 4 rings (SSSR count). The van der Waals surface area contributed by atoms with E-state index < -0.39 is 17.4 Å². The van der Waals surface area contributed by atoms with Crippen LogP contribution in [0.3, 0.4) is 0 Å². The number of halogens is 1. The molecule has 3 aromatic rings. The van der Waals surface area contributed by atoms with Gasteiger partial charge in [-0.05, 0) is 69.9 Å². The van der Waals surface area contributed by atoms with Gasteiger partial charge in [-0.15, -0.1) is 0 Å². The van der Waals surface area contributed by atoms with Crippen molar-refractivity contribution < 1.29 is 19.1 Å². The number of hydrogen-bond donors (Lipinski definition) is 3. The van der Waals surface area contributed by atoms with Crippen LogP contribution in [-0.2, 0) is 10.3 Å². The summed E-state index contributed by atoms with van der Waals surface area (Å²) in [4.78, 5) is 41.0. The van der Waals surface area contributed by atoms with Crippen LogP contribution in [0.1, 0.15) is 60.4 Å². The van der Waals surface area contributed by atoms with Gasteiger partial charge in [-0.25, -0.2) is 9.67 Å². The second-order valence-corrected chi connectivity index (χ2v) is 10.0. The average Bonchev–Trinajstić information content (AvgIpc) is 3.20. The molecule has 0 unspecified atom stereocenters. The van der Waals surface area contributed by atoms with Crippen LogP contribution in [0.25, 0.3) is 10.9 Å². The number of primary amides is 2. The van der Waals surface area contributed by atoms with E-state index in [-0.39, 0.29) is 35.2 Å². The lowest BCUT2D eigenvalue weighted by atomic mass is 9.92. The lowest BCUT2D eigenvalue weighted by Gasteiger charge is -2.29. The van der Waals surface area contributed by atoms with Gasteiger partial charge in [-0.1, -0.05) is 15.9 Å². The minimum atomic E-state index is -1.12. The van der Waals surface area contributed by atoms with Crippen LogP contribution in [0.15, 0.2) is 41.0 Å². The third-order valence-electron chi connectivity index (χ3n) is 6.32. The van der Waals surface area contributed by atoms with Crippen molar-refractivity contribution in [3.63, 3.8) is 0 Å². The van der Waals surface area contributed by atoms with Gasteiger partial charge in [-0.2, -0.15) is 5.10 Å². The number of hydrogen-bond acceptors (Lipinski definition) is 6. The molecule has 0 atom stereocenters. The van der Waals surface area contributed by atoms with E-state index in [2.05, 4.69) is 31.3 Å². The molecular formula is C24H27BrN6O4. The number of fused-ring (bicyclic) bond motifs is 1. The van der Waals surface area contributed by atoms with E-state index in [1.165, 1.54) is 4.68 Å². The maximum atomic E-state index is 13.2. The summed E-state index contributed by atoms with van der Waals surface area (Å²) in [7, 11) is 0. The monoisotopic (exact) mass is 542 g/mol. The Labute approximate surface area is 210 Å². The summed E-state index contributed by atoms with van der Waals surface area (Å²) in [5.74, 6) is -1.24. The van der Waals surface area contributed by atoms with Gasteiger partial charge < -0.3 is 21.5 Å². The van der Waals surface area contributed by atoms with Crippen LogP contribution >= 0.6 is 15.9 Å². The van der Waals surface area contributed by atoms with Crippen molar-refractivity contribution in [3.8, 4) is 5.88 Å². The molecule has 5 N–H and O–H groups in total. The Morgan fingerprint density at radius 3 is 2.51 bits per heavy atom. The minimum absolute atomic E-state index is 0.0681. The van der Waals surface area contributed by atoms with Gasteiger partial charge >= 0.3 is 0 Å². The van der Waals surface area contributed by atoms with Crippen LogP contribution in [0.4, 0.5) is 0 Å². The van der Waals surface area contributed by atoms with Crippen molar-refractivity contribution in [3.05, 3.63) is 52.3 Å². The fourth-order valence-electron chi connectivity index (χ4n) is 4.20. The van der Waals surface area contributed by atoms with Crippen LogP contribution in [0.2, 0.25) is 0 Å². The number of carbonyl (C=O) groups excluding carboxylic acids is 3. The largest absolute Gasteiger partial charge is 0.474 e. The third kappa shape index (κ3) is 5.00. The number of benzene rings is 1. The van der Waals surface area contributed by atoms with E-state index >= 15 is 0 Å². The Hall–Kier alpha value is -3.47. The van der Waals surface area contributed by atoms with Crippen molar-refractivity contribution in [2.24, 2.45) is 11.5 Å². The third-order valence-corrected chi connectivity index (χ3v) is 6.81. The highest BCUT2D eigenvalue weighted by Gasteiger charge is 2.33. The predicted molar refractivity (Wildman–Crippen MR) is 133 cm³/mol. The second kappa shape index (κ2) is 9.65. The Morgan fingerprint density at radius 2 is 1.86 bits per heavy atom. The summed E-state index contributed by atoms with van der Waals surface area (Å²) >= 11 is 3.44. The molecule has 0 radical (unpaired) electrons. The van der Waals surface area contributed by atoms with Crippen molar-refractivity contribution in [1.82, 2.24) is 20.1 Å². The van der Waals surface area contributed by atoms with Gasteiger partial charge in [0, 0.05) is 22.1 Å². The number of ether oxygens (including phenoxy) is 1. The molecule has 3 amide bonds. The molecule has 2 heterocycles. The molecule has 1 aromatic carbocycles. The van der Waals surface area contributed by atoms with E-state index in [1.807, 2.05) is 12.1 Å². The molecule has 0 saturated heterocycles. The topological polar surface area (TPSA) is 155 Å². The molecule has 184 valence electrons. The standard InChI is InChI=1S/C24H27BrN6O4/c1-24(2,23(27)34)31-18-12-13(25)5-10-16(18)19(30-31)21(33)29-14-6-8-15(9-7-14)35-22-17(20(26)32)4-3-11-28-22/h3-5,10-12,14-15H,6-9H2,1-2H3,(H2,26,32)(H2,27,34)(H,29,33). The number of amides is 3. The van der Waals surface area contributed by atoms with E-state index in [4.69, 9.17) is 16.2 Å². The lowest BCUT2D eigenvalue weighted by Crippen LogP contribution is -2.42. The van der Waals surface area contributed by atoms with Gasteiger partial charge in [0.05, 0.1) is 5.52 Å². The van der Waals surface area contributed by atoms with Crippen LogP contribution in [-0.4, -0.2) is 44.6 Å². The lowest BCUT2D eigenvalue weighted by molar-refractivity contribution is -0.125. The van der Waals surface area contributed by atoms with Crippen LogP contribution in [0.5, 0.6) is 5.88 Å². The summed E-state index contributed by atoms with van der Waals surface area (Å²) in [6.45, 7) is 3.33. The molecule has 11 heteroatoms. The van der Waals surface area contributed by atoms with Crippen LogP contribution in [0, 0.1) is 0 Å². The zero-order chi connectivity index (χ0) is 25.3. The quantitative estimate of drug-likeness (QED) is 0.416. The normalized spacial score (nSPS) is 18.3. The van der Waals surface area contributed by atoms with Gasteiger partial charge in [-0.3, -0.25) is 14.4 Å². The van der Waals surface area contributed by atoms with Crippen LogP contribution < -0.4 is 21.5 Å². The van der Waals surface area contributed by atoms with Crippen molar-refractivity contribution >= 4 is 44.6 Å². The summed E-state index contributed by atoms with van der Waals surface area (Å²) in [5.41, 5.74) is 11.0. The number of carbonyl (C=O) groups is 3. The van der Waals surface area contributed by atoms with E-state index in [9.17, 15) is 14.4 Å². The molecule has 35 heavy (non-hydrogen) atoms. The highest BCUT2D eigenvalue weighted by molar-refractivity contribution is 9.10. The molecule has 1 aliphatic carbocycles. The summed E-state index contributed by atoms with van der Waals surface area (Å²) in [6.07, 6.45) is 4.14. The van der Waals surface area contributed by atoms with Crippen molar-refractivity contribution in [1.29, 1.82) is 0 Å². The zero-order valence-electron chi connectivity index (χ0n) is 19.5. The number of nitrogens with one attached hydrogen (secondary N) is 1. The van der Waals surface area contributed by atoms with E-state index in [0.717, 1.165) is 4.47 Å². The molecule has 1 saturated carbocycles. The zero-order valence-corrected chi connectivity index (χ0v) is 21.0. The molecule has 0 bridgehead atoms. The predicted octanol–water partition coefficient (Wildman–Crippen LogP) is 2.63. The van der Waals surface area contributed by atoms with Gasteiger partial charge in [0.25, 0.3) is 11.8 Å². The molecule has 0 spiro atoms. The SMILES string of the molecule is CC(C)(C(N)=O)n1nc(C(=O)NC2CCC(Oc3ncccc3C(N)=O)CC2)c2ccc(Br)cc21. The van der Waals surface area contributed by atoms with Gasteiger partial charge in [0.1, 0.15) is 17.2 Å². The number of pyridine rings is 1. The summed E-state index contributed by atoms with van der Waals surface area (Å²) < 4.78 is 8.22. The molecule has 2 aromatic heterocycles. The molecule has 1 aliphatic rings. The number of aromatic nitrogens is 3. The van der Waals surface area contributed by atoms with E-state index in [1.54, 1.807) is 38.2 Å². The van der Waals surface area contributed by atoms with Gasteiger partial charge in [0.2, 0.25) is 11.8 Å². The van der Waals surface area contributed by atoms with E-state index in [0.29, 0.717) is 36.6 Å². The Morgan fingerprint density at radius 1 is 1.14 bits per heavy atom. The maximum Gasteiger partial charge on any atom is 0.272 e. The minimum Gasteiger partial charge on any atom is -0.474 e. The van der Waals surface area contributed by atoms with Crippen molar-refractivity contribution in [2.75, 3.05) is 0 Å². The molecule has 0 aliphatic heterocycles. The number of nitrogens with two attached hydrogens (primary N) is 2. The number of nitrogens with zero attached hydrogens (tertiary/aromatic N) is 3. The first-order valence-electron chi connectivity index (χ1n) is 11.3. The van der Waals surface area contributed by atoms with Gasteiger partial charge in [0.15, 0.2) is 5.69 Å². The molecular weight excluding hydrogens is 516 g/mol. The Balaban J connectivity index is 1.47. The first-order valence-corrected chi connectivity index (χ1v) is 12.1. The number of rotatable bonds is 7. The molecule has 10 nitrogen and oxygen atoms in total. The first kappa shape index (κ1) is 24.6. The Bertz CT molecular complexity index is 1300. The molecule has 1 fully saturated rings. The Kier molecular flexibility index (Phi) is 6.79. The highest BCUT2D eigenvalue weighted by Crippen LogP contribution is 2.29. The average molecular weight is 543 g/mol.